The Bertz CT molecular complexity index is 1040. The van der Waals surface area contributed by atoms with Gasteiger partial charge >= 0.3 is 6.18 Å². The van der Waals surface area contributed by atoms with Crippen LogP contribution in [0.25, 0.3) is 0 Å². The van der Waals surface area contributed by atoms with Gasteiger partial charge in [-0.15, -0.1) is 0 Å². The van der Waals surface area contributed by atoms with Crippen LogP contribution in [0.1, 0.15) is 52.7 Å². The average molecular weight is 446 g/mol. The largest absolute Gasteiger partial charge is 0.417 e. The summed E-state index contributed by atoms with van der Waals surface area (Å²) in [5.74, 6) is -0.103. The minimum atomic E-state index is -4.53. The maximum Gasteiger partial charge on any atom is 0.417 e. The Hall–Kier alpha value is -2.94. The van der Waals surface area contributed by atoms with E-state index in [0.717, 1.165) is 42.9 Å². The van der Waals surface area contributed by atoms with Crippen molar-refractivity contribution in [2.75, 3.05) is 25.5 Å². The van der Waals surface area contributed by atoms with Crippen LogP contribution in [0.15, 0.2) is 36.7 Å². The highest BCUT2D eigenvalue weighted by Crippen LogP contribution is 2.33. The quantitative estimate of drug-likeness (QED) is 0.777. The van der Waals surface area contributed by atoms with Gasteiger partial charge in [-0.25, -0.2) is 0 Å². The van der Waals surface area contributed by atoms with Crippen LogP contribution in [-0.2, 0) is 17.5 Å². The zero-order valence-electron chi connectivity index (χ0n) is 17.9. The molecule has 2 aromatic rings. The van der Waals surface area contributed by atoms with Crippen LogP contribution in [0.2, 0.25) is 0 Å². The Kier molecular flexibility index (Phi) is 5.94. The minimum Gasteiger partial charge on any atom is -0.346 e. The number of likely N-dealkylation sites (tertiary alicyclic amines) is 1. The number of rotatable bonds is 3. The van der Waals surface area contributed by atoms with Gasteiger partial charge in [0.2, 0.25) is 5.91 Å². The van der Waals surface area contributed by atoms with Crippen molar-refractivity contribution in [3.8, 4) is 0 Å². The number of hydrogen-bond donors (Lipinski definition) is 1. The van der Waals surface area contributed by atoms with E-state index < -0.39 is 17.6 Å². The van der Waals surface area contributed by atoms with Gasteiger partial charge in [0.1, 0.15) is 0 Å². The summed E-state index contributed by atoms with van der Waals surface area (Å²) in [7, 11) is 1.82. The summed E-state index contributed by atoms with van der Waals surface area (Å²) in [6.45, 7) is 4.33. The molecule has 2 aliphatic rings. The molecule has 1 aromatic heterocycles. The highest BCUT2D eigenvalue weighted by atomic mass is 19.4. The predicted molar refractivity (Wildman–Crippen MR) is 113 cm³/mol. The molecule has 0 saturated carbocycles. The van der Waals surface area contributed by atoms with Gasteiger partial charge in [-0.05, 0) is 41.7 Å². The summed E-state index contributed by atoms with van der Waals surface area (Å²) in [5, 5.41) is 2.51. The van der Waals surface area contributed by atoms with Crippen molar-refractivity contribution >= 4 is 17.5 Å². The second-order valence-corrected chi connectivity index (χ2v) is 8.62. The number of nitrogens with zero attached hydrogens (tertiary/aromatic N) is 3. The third-order valence-electron chi connectivity index (χ3n) is 6.29. The van der Waals surface area contributed by atoms with Crippen molar-refractivity contribution in [2.24, 2.45) is 0 Å². The van der Waals surface area contributed by atoms with Gasteiger partial charge in [0.05, 0.1) is 17.4 Å². The normalized spacial score (nSPS) is 21.9. The second-order valence-electron chi connectivity index (χ2n) is 8.62. The molecule has 0 spiro atoms. The summed E-state index contributed by atoms with van der Waals surface area (Å²) >= 11 is 0. The van der Waals surface area contributed by atoms with Gasteiger partial charge < -0.3 is 10.2 Å². The van der Waals surface area contributed by atoms with Crippen molar-refractivity contribution in [1.82, 2.24) is 14.8 Å². The van der Waals surface area contributed by atoms with Crippen LogP contribution in [-0.4, -0.2) is 52.8 Å². The topological polar surface area (TPSA) is 65.5 Å². The zero-order valence-corrected chi connectivity index (χ0v) is 17.9. The van der Waals surface area contributed by atoms with Crippen LogP contribution in [0.5, 0.6) is 0 Å². The molecule has 0 bridgehead atoms. The van der Waals surface area contributed by atoms with Crippen molar-refractivity contribution in [3.05, 3.63) is 58.9 Å². The van der Waals surface area contributed by atoms with E-state index in [0.29, 0.717) is 18.5 Å². The molecule has 1 N–H and O–H groups in total. The fraction of sp³-hybridized carbons (Fsp3) is 0.435. The van der Waals surface area contributed by atoms with Crippen LogP contribution in [0.4, 0.5) is 18.9 Å². The number of carbonyl (C=O) groups excluding carboxylic acids is 2. The number of nitrogens with one attached hydrogen (secondary N) is 1. The molecule has 1 fully saturated rings. The summed E-state index contributed by atoms with van der Waals surface area (Å²) in [4.78, 5) is 32.5. The van der Waals surface area contributed by atoms with E-state index in [2.05, 4.69) is 22.1 Å². The molecule has 1 saturated heterocycles. The molecule has 32 heavy (non-hydrogen) atoms. The van der Waals surface area contributed by atoms with Crippen LogP contribution in [0, 0.1) is 0 Å². The van der Waals surface area contributed by atoms with E-state index >= 15 is 0 Å². The lowest BCUT2D eigenvalue weighted by Crippen LogP contribution is -2.48. The van der Waals surface area contributed by atoms with Crippen molar-refractivity contribution in [1.29, 1.82) is 0 Å². The molecular formula is C23H25F3N4O2. The number of piperidine rings is 1. The molecule has 0 aliphatic carbocycles. The monoisotopic (exact) mass is 446 g/mol. The SMILES string of the molecule is CC1CN(C2CCN(C)C(=O)C2)Cc2cc(C(=O)Nc3cncc(C(F)(F)F)c3)ccc21. The minimum absolute atomic E-state index is 0.0117. The molecule has 2 amide bonds. The molecule has 3 heterocycles. The van der Waals surface area contributed by atoms with E-state index in [1.807, 2.05) is 13.1 Å². The first-order valence-corrected chi connectivity index (χ1v) is 10.6. The van der Waals surface area contributed by atoms with Gasteiger partial charge in [0.15, 0.2) is 0 Å². The first-order valence-electron chi connectivity index (χ1n) is 10.6. The smallest absolute Gasteiger partial charge is 0.346 e. The fourth-order valence-corrected chi connectivity index (χ4v) is 4.48. The first-order chi connectivity index (χ1) is 15.1. The maximum absolute atomic E-state index is 12.9. The van der Waals surface area contributed by atoms with Crippen molar-refractivity contribution in [3.63, 3.8) is 0 Å². The number of alkyl halides is 3. The molecule has 2 aliphatic heterocycles. The number of carbonyl (C=O) groups is 2. The number of aromatic nitrogens is 1. The summed E-state index contributed by atoms with van der Waals surface area (Å²) in [6.07, 6.45) is -1.23. The van der Waals surface area contributed by atoms with E-state index in [4.69, 9.17) is 0 Å². The molecule has 6 nitrogen and oxygen atoms in total. The van der Waals surface area contributed by atoms with Gasteiger partial charge in [-0.1, -0.05) is 13.0 Å². The van der Waals surface area contributed by atoms with E-state index in [1.165, 1.54) is 6.20 Å². The first kappa shape index (κ1) is 22.3. The average Bonchev–Trinajstić information content (AvgIpc) is 2.74. The molecule has 9 heteroatoms. The van der Waals surface area contributed by atoms with Crippen LogP contribution >= 0.6 is 0 Å². The second kappa shape index (κ2) is 8.54. The van der Waals surface area contributed by atoms with Gasteiger partial charge in [0.25, 0.3) is 5.91 Å². The standard InChI is InChI=1S/C23H25F3N4O2/c1-14-12-30(19-5-6-29(2)21(31)9-19)13-16-7-15(3-4-20(14)16)22(32)28-18-8-17(10-27-11-18)23(24,25)26/h3-4,7-8,10-11,14,19H,5-6,9,12-13H2,1-2H3,(H,28,32). The van der Waals surface area contributed by atoms with Gasteiger partial charge in [-0.3, -0.25) is 19.5 Å². The predicted octanol–water partition coefficient (Wildman–Crippen LogP) is 3.89. The molecule has 4 rings (SSSR count). The summed E-state index contributed by atoms with van der Waals surface area (Å²) in [6, 6.07) is 6.44. The number of pyridine rings is 1. The van der Waals surface area contributed by atoms with Gasteiger partial charge in [-0.2, -0.15) is 13.2 Å². The molecule has 2 atom stereocenters. The zero-order chi connectivity index (χ0) is 23.0. The van der Waals surface area contributed by atoms with E-state index in [-0.39, 0.29) is 23.6 Å². The lowest BCUT2D eigenvalue weighted by Gasteiger charge is -2.41. The number of halogens is 3. The number of amides is 2. The van der Waals surface area contributed by atoms with E-state index in [9.17, 15) is 22.8 Å². The number of benzene rings is 1. The van der Waals surface area contributed by atoms with Gasteiger partial charge in [0, 0.05) is 50.9 Å². The number of fused-ring (bicyclic) bond motifs is 1. The lowest BCUT2D eigenvalue weighted by atomic mass is 9.87. The molecule has 0 radical (unpaired) electrons. The maximum atomic E-state index is 12.9. The highest BCUT2D eigenvalue weighted by molar-refractivity contribution is 6.04. The molecule has 1 aromatic carbocycles. The lowest BCUT2D eigenvalue weighted by molar-refractivity contribution is -0.138. The Labute approximate surface area is 184 Å². The molecule has 2 unspecified atom stereocenters. The third kappa shape index (κ3) is 4.62. The Morgan fingerprint density at radius 1 is 1.22 bits per heavy atom. The van der Waals surface area contributed by atoms with Crippen LogP contribution < -0.4 is 5.32 Å². The van der Waals surface area contributed by atoms with Crippen molar-refractivity contribution in [2.45, 2.75) is 44.4 Å². The summed E-state index contributed by atoms with van der Waals surface area (Å²) < 4.78 is 38.7. The van der Waals surface area contributed by atoms with Crippen molar-refractivity contribution < 1.29 is 22.8 Å². The number of hydrogen-bond acceptors (Lipinski definition) is 4. The fourth-order valence-electron chi connectivity index (χ4n) is 4.48. The van der Waals surface area contributed by atoms with Crippen LogP contribution in [0.3, 0.4) is 0 Å². The molecular weight excluding hydrogens is 421 g/mol. The summed E-state index contributed by atoms with van der Waals surface area (Å²) in [5.41, 5.74) is 1.60. The molecule has 170 valence electrons. The highest BCUT2D eigenvalue weighted by Gasteiger charge is 2.33. The Morgan fingerprint density at radius 2 is 2.00 bits per heavy atom. The number of anilines is 1. The third-order valence-corrected chi connectivity index (χ3v) is 6.29. The Balaban J connectivity index is 1.51. The Morgan fingerprint density at radius 3 is 2.72 bits per heavy atom. The van der Waals surface area contributed by atoms with E-state index in [1.54, 1.807) is 17.0 Å².